The van der Waals surface area contributed by atoms with Crippen molar-refractivity contribution >= 4 is 11.8 Å². The van der Waals surface area contributed by atoms with Crippen molar-refractivity contribution in [3.63, 3.8) is 0 Å². The number of likely N-dealkylation sites (N-methyl/N-ethyl adjacent to an activating group) is 1. The molecule has 1 saturated heterocycles. The lowest BCUT2D eigenvalue weighted by Crippen LogP contribution is -2.56. The van der Waals surface area contributed by atoms with Gasteiger partial charge in [0.15, 0.2) is 0 Å². The van der Waals surface area contributed by atoms with E-state index in [9.17, 15) is 9.59 Å². The van der Waals surface area contributed by atoms with E-state index in [4.69, 9.17) is 0 Å². The van der Waals surface area contributed by atoms with Gasteiger partial charge in [-0.3, -0.25) is 9.59 Å². The fourth-order valence-electron chi connectivity index (χ4n) is 3.62. The summed E-state index contributed by atoms with van der Waals surface area (Å²) in [6.07, 6.45) is 7.12. The van der Waals surface area contributed by atoms with E-state index in [-0.39, 0.29) is 30.4 Å². The van der Waals surface area contributed by atoms with Crippen LogP contribution in [0, 0.1) is 5.92 Å². The third kappa shape index (κ3) is 4.43. The van der Waals surface area contributed by atoms with Gasteiger partial charge in [-0.05, 0) is 45.4 Å². The maximum absolute atomic E-state index is 12.5. The Morgan fingerprint density at radius 3 is 2.62 bits per heavy atom. The Labute approximate surface area is 127 Å². The third-order valence-corrected chi connectivity index (χ3v) is 4.66. The summed E-state index contributed by atoms with van der Waals surface area (Å²) < 4.78 is 0. The van der Waals surface area contributed by atoms with Crippen LogP contribution in [0.1, 0.15) is 52.4 Å². The second kappa shape index (κ2) is 7.25. The number of nitrogens with one attached hydrogen (secondary N) is 2. The number of fused-ring (bicyclic) bond motifs is 1. The Kier molecular flexibility index (Phi) is 5.62. The Bertz CT molecular complexity index is 384. The quantitative estimate of drug-likeness (QED) is 0.821. The van der Waals surface area contributed by atoms with E-state index < -0.39 is 0 Å². The van der Waals surface area contributed by atoms with Gasteiger partial charge in [-0.1, -0.05) is 12.8 Å². The highest BCUT2D eigenvalue weighted by Gasteiger charge is 2.35. The summed E-state index contributed by atoms with van der Waals surface area (Å²) in [6, 6.07) is 0.498. The molecule has 2 N–H and O–H groups in total. The predicted molar refractivity (Wildman–Crippen MR) is 82.8 cm³/mol. The molecule has 2 fully saturated rings. The molecule has 21 heavy (non-hydrogen) atoms. The Morgan fingerprint density at radius 2 is 1.90 bits per heavy atom. The summed E-state index contributed by atoms with van der Waals surface area (Å²) in [5.41, 5.74) is 0. The number of hydrogen-bond acceptors (Lipinski definition) is 3. The van der Waals surface area contributed by atoms with Crippen LogP contribution in [-0.4, -0.2) is 48.4 Å². The molecular formula is C16H29N3O2. The molecule has 5 heteroatoms. The molecule has 3 unspecified atom stereocenters. The van der Waals surface area contributed by atoms with Crippen molar-refractivity contribution in [2.24, 2.45) is 5.92 Å². The maximum atomic E-state index is 12.5. The van der Waals surface area contributed by atoms with Crippen molar-refractivity contribution in [2.75, 3.05) is 13.6 Å². The fourth-order valence-corrected chi connectivity index (χ4v) is 3.62. The SMILES string of the molecule is CC(C)NC(=O)CN(C)C(=O)C1CCC2CCCCC2N1. The van der Waals surface area contributed by atoms with Gasteiger partial charge in [0.05, 0.1) is 12.6 Å². The Balaban J connectivity index is 1.83. The number of nitrogens with zero attached hydrogens (tertiary/aromatic N) is 1. The predicted octanol–water partition coefficient (Wildman–Crippen LogP) is 1.28. The van der Waals surface area contributed by atoms with Gasteiger partial charge >= 0.3 is 0 Å². The van der Waals surface area contributed by atoms with Crippen LogP contribution in [0.2, 0.25) is 0 Å². The average molecular weight is 295 g/mol. The molecule has 3 atom stereocenters. The van der Waals surface area contributed by atoms with Crippen LogP contribution < -0.4 is 10.6 Å². The molecule has 1 aliphatic heterocycles. The van der Waals surface area contributed by atoms with Gasteiger partial charge < -0.3 is 15.5 Å². The van der Waals surface area contributed by atoms with Crippen LogP contribution in [0.3, 0.4) is 0 Å². The van der Waals surface area contributed by atoms with Crippen molar-refractivity contribution in [2.45, 2.75) is 70.5 Å². The third-order valence-electron chi connectivity index (χ3n) is 4.66. The monoisotopic (exact) mass is 295 g/mol. The normalized spacial score (nSPS) is 28.9. The van der Waals surface area contributed by atoms with Crippen LogP contribution in [0.15, 0.2) is 0 Å². The molecule has 2 aliphatic rings. The van der Waals surface area contributed by atoms with Gasteiger partial charge in [0.1, 0.15) is 0 Å². The molecule has 1 aliphatic carbocycles. The van der Waals surface area contributed by atoms with Crippen LogP contribution in [0.5, 0.6) is 0 Å². The molecular weight excluding hydrogens is 266 g/mol. The number of hydrogen-bond donors (Lipinski definition) is 2. The molecule has 2 rings (SSSR count). The Morgan fingerprint density at radius 1 is 1.19 bits per heavy atom. The molecule has 0 aromatic carbocycles. The first kappa shape index (κ1) is 16.3. The van der Waals surface area contributed by atoms with Gasteiger partial charge in [-0.2, -0.15) is 0 Å². The van der Waals surface area contributed by atoms with Crippen molar-refractivity contribution in [1.29, 1.82) is 0 Å². The highest BCUT2D eigenvalue weighted by atomic mass is 16.2. The zero-order chi connectivity index (χ0) is 15.4. The number of carbonyl (C=O) groups is 2. The van der Waals surface area contributed by atoms with Crippen molar-refractivity contribution in [3.8, 4) is 0 Å². The zero-order valence-electron chi connectivity index (χ0n) is 13.5. The fraction of sp³-hybridized carbons (Fsp3) is 0.875. The summed E-state index contributed by atoms with van der Waals surface area (Å²) in [5, 5.41) is 6.35. The lowest BCUT2D eigenvalue weighted by atomic mass is 9.77. The van der Waals surface area contributed by atoms with Gasteiger partial charge in [0.25, 0.3) is 0 Å². The van der Waals surface area contributed by atoms with E-state index >= 15 is 0 Å². The molecule has 0 spiro atoms. The Hall–Kier alpha value is -1.10. The van der Waals surface area contributed by atoms with Crippen LogP contribution in [-0.2, 0) is 9.59 Å². The summed E-state index contributed by atoms with van der Waals surface area (Å²) in [6.45, 7) is 3.99. The van der Waals surface area contributed by atoms with Crippen LogP contribution in [0.25, 0.3) is 0 Å². The highest BCUT2D eigenvalue weighted by Crippen LogP contribution is 2.32. The second-order valence-electron chi connectivity index (χ2n) is 6.86. The maximum Gasteiger partial charge on any atom is 0.239 e. The van der Waals surface area contributed by atoms with E-state index in [1.165, 1.54) is 25.7 Å². The minimum Gasteiger partial charge on any atom is -0.352 e. The number of amides is 2. The van der Waals surface area contributed by atoms with Gasteiger partial charge in [-0.15, -0.1) is 0 Å². The topological polar surface area (TPSA) is 61.4 Å². The van der Waals surface area contributed by atoms with Crippen molar-refractivity contribution < 1.29 is 9.59 Å². The standard InChI is InChI=1S/C16H29N3O2/c1-11(2)17-15(20)10-19(3)16(21)14-9-8-12-6-4-5-7-13(12)18-14/h11-14,18H,4-10H2,1-3H3,(H,17,20). The van der Waals surface area contributed by atoms with Crippen LogP contribution in [0.4, 0.5) is 0 Å². The second-order valence-corrected chi connectivity index (χ2v) is 6.86. The lowest BCUT2D eigenvalue weighted by Gasteiger charge is -2.40. The molecule has 0 bridgehead atoms. The smallest absolute Gasteiger partial charge is 0.239 e. The van der Waals surface area contributed by atoms with Gasteiger partial charge in [0, 0.05) is 19.1 Å². The first-order chi connectivity index (χ1) is 9.97. The highest BCUT2D eigenvalue weighted by molar-refractivity contribution is 5.87. The molecule has 5 nitrogen and oxygen atoms in total. The largest absolute Gasteiger partial charge is 0.352 e. The molecule has 0 aromatic heterocycles. The summed E-state index contributed by atoms with van der Waals surface area (Å²) in [7, 11) is 1.72. The summed E-state index contributed by atoms with van der Waals surface area (Å²) in [4.78, 5) is 25.8. The first-order valence-electron chi connectivity index (χ1n) is 8.27. The van der Waals surface area contributed by atoms with E-state index in [1.807, 2.05) is 13.8 Å². The van der Waals surface area contributed by atoms with E-state index in [0.717, 1.165) is 18.8 Å². The lowest BCUT2D eigenvalue weighted by molar-refractivity contribution is -0.137. The van der Waals surface area contributed by atoms with E-state index in [0.29, 0.717) is 6.04 Å². The number of rotatable bonds is 4. The number of carbonyl (C=O) groups excluding carboxylic acids is 2. The molecule has 1 saturated carbocycles. The van der Waals surface area contributed by atoms with E-state index in [2.05, 4.69) is 10.6 Å². The molecule has 1 heterocycles. The van der Waals surface area contributed by atoms with Crippen molar-refractivity contribution in [1.82, 2.24) is 15.5 Å². The minimum absolute atomic E-state index is 0.0536. The summed E-state index contributed by atoms with van der Waals surface area (Å²) in [5.74, 6) is 0.711. The minimum atomic E-state index is -0.110. The zero-order valence-corrected chi connectivity index (χ0v) is 13.5. The van der Waals surface area contributed by atoms with Gasteiger partial charge in [0.2, 0.25) is 11.8 Å². The average Bonchev–Trinajstić information content (AvgIpc) is 2.45. The van der Waals surface area contributed by atoms with Gasteiger partial charge in [-0.25, -0.2) is 0 Å². The molecule has 120 valence electrons. The summed E-state index contributed by atoms with van der Waals surface area (Å²) >= 11 is 0. The van der Waals surface area contributed by atoms with E-state index in [1.54, 1.807) is 11.9 Å². The molecule has 0 radical (unpaired) electrons. The first-order valence-corrected chi connectivity index (χ1v) is 8.27. The molecule has 0 aromatic rings. The van der Waals surface area contributed by atoms with Crippen molar-refractivity contribution in [3.05, 3.63) is 0 Å². The van der Waals surface area contributed by atoms with Crippen LogP contribution >= 0.6 is 0 Å². The number of piperidine rings is 1. The molecule has 2 amide bonds.